The molecule has 0 saturated heterocycles. The van der Waals surface area contributed by atoms with Crippen molar-refractivity contribution in [3.8, 4) is 0 Å². The van der Waals surface area contributed by atoms with E-state index >= 15 is 0 Å². The van der Waals surface area contributed by atoms with Gasteiger partial charge in [0.25, 0.3) is 0 Å². The van der Waals surface area contributed by atoms with Crippen LogP contribution in [0.25, 0.3) is 0 Å². The van der Waals surface area contributed by atoms with Gasteiger partial charge in [0.15, 0.2) is 0 Å². The van der Waals surface area contributed by atoms with Crippen molar-refractivity contribution in [2.24, 2.45) is 0 Å². The van der Waals surface area contributed by atoms with Crippen LogP contribution in [0.4, 0.5) is 0 Å². The molecule has 2 N–H and O–H groups in total. The standard InChI is InChI=1S/C15H27O7P/c1-13(2)15(16)20-10-8-6-4-5-7-9-11-21-22-12-14(3)23(17,18)19/h1,3-12H2,2H3,(H2,17,18,19). The topological polar surface area (TPSA) is 102 Å². The van der Waals surface area contributed by atoms with Gasteiger partial charge in [-0.25, -0.2) is 14.6 Å². The molecule has 0 bridgehead atoms. The number of carbonyl (C=O) groups excluding carboxylic acids is 1. The Hall–Kier alpha value is -0.980. The number of hydrogen-bond donors (Lipinski definition) is 2. The highest BCUT2D eigenvalue weighted by Gasteiger charge is 2.18. The molecule has 0 radical (unpaired) electrons. The molecule has 0 aromatic carbocycles. The molecule has 0 amide bonds. The molecule has 0 unspecified atom stereocenters. The lowest BCUT2D eigenvalue weighted by molar-refractivity contribution is -0.287. The number of ether oxygens (including phenoxy) is 1. The highest BCUT2D eigenvalue weighted by atomic mass is 31.2. The highest BCUT2D eigenvalue weighted by molar-refractivity contribution is 7.56. The van der Waals surface area contributed by atoms with E-state index in [1.54, 1.807) is 6.92 Å². The van der Waals surface area contributed by atoms with Crippen LogP contribution in [-0.2, 0) is 23.9 Å². The molecular formula is C15H27O7P. The molecule has 23 heavy (non-hydrogen) atoms. The lowest BCUT2D eigenvalue weighted by Crippen LogP contribution is -2.06. The van der Waals surface area contributed by atoms with Crippen molar-refractivity contribution in [3.63, 3.8) is 0 Å². The molecule has 0 aliphatic rings. The minimum atomic E-state index is -4.28. The number of hydrogen-bond acceptors (Lipinski definition) is 5. The van der Waals surface area contributed by atoms with Crippen LogP contribution in [0.5, 0.6) is 0 Å². The van der Waals surface area contributed by atoms with Crippen LogP contribution < -0.4 is 0 Å². The number of carbonyl (C=O) groups is 1. The van der Waals surface area contributed by atoms with E-state index in [9.17, 15) is 9.36 Å². The van der Waals surface area contributed by atoms with Gasteiger partial charge in [-0.05, 0) is 19.8 Å². The Morgan fingerprint density at radius 1 is 0.957 bits per heavy atom. The van der Waals surface area contributed by atoms with Crippen LogP contribution in [0.2, 0.25) is 0 Å². The smallest absolute Gasteiger partial charge is 0.354 e. The van der Waals surface area contributed by atoms with Crippen LogP contribution in [-0.4, -0.2) is 35.6 Å². The minimum absolute atomic E-state index is 0.301. The summed E-state index contributed by atoms with van der Waals surface area (Å²) in [6.07, 6.45) is 5.67. The largest absolute Gasteiger partial charge is 0.462 e. The average molecular weight is 350 g/mol. The average Bonchev–Trinajstić information content (AvgIpc) is 2.46. The van der Waals surface area contributed by atoms with Gasteiger partial charge in [0.1, 0.15) is 6.61 Å². The predicted molar refractivity (Wildman–Crippen MR) is 86.6 cm³/mol. The third kappa shape index (κ3) is 13.2. The van der Waals surface area contributed by atoms with E-state index in [1.807, 2.05) is 0 Å². The first kappa shape index (κ1) is 22.0. The third-order valence-electron chi connectivity index (χ3n) is 2.92. The van der Waals surface area contributed by atoms with Crippen LogP contribution in [0.1, 0.15) is 45.4 Å². The molecule has 0 spiro atoms. The predicted octanol–water partition coefficient (Wildman–Crippen LogP) is 3.09. The SMILES string of the molecule is C=C(C)C(=O)OCCCCCCCCOOCC(=C)P(=O)(O)O. The zero-order chi connectivity index (χ0) is 17.7. The molecule has 0 aliphatic heterocycles. The lowest BCUT2D eigenvalue weighted by Gasteiger charge is -2.08. The van der Waals surface area contributed by atoms with E-state index in [1.165, 1.54) is 0 Å². The van der Waals surface area contributed by atoms with E-state index in [0.29, 0.717) is 18.8 Å². The van der Waals surface area contributed by atoms with Crippen LogP contribution in [0.15, 0.2) is 24.0 Å². The quantitative estimate of drug-likeness (QED) is 0.124. The molecule has 0 aromatic rings. The number of unbranched alkanes of at least 4 members (excludes halogenated alkanes) is 5. The zero-order valence-electron chi connectivity index (χ0n) is 13.7. The normalized spacial score (nSPS) is 11.3. The summed E-state index contributed by atoms with van der Waals surface area (Å²) >= 11 is 0. The monoisotopic (exact) mass is 350 g/mol. The molecule has 0 rings (SSSR count). The number of rotatable bonds is 14. The maximum Gasteiger partial charge on any atom is 0.354 e. The maximum absolute atomic E-state index is 11.1. The minimum Gasteiger partial charge on any atom is -0.462 e. The van der Waals surface area contributed by atoms with Crippen molar-refractivity contribution < 1.29 is 33.7 Å². The Balaban J connectivity index is 3.29. The summed E-state index contributed by atoms with van der Waals surface area (Å²) < 4.78 is 15.7. The van der Waals surface area contributed by atoms with E-state index in [0.717, 1.165) is 38.5 Å². The van der Waals surface area contributed by atoms with Crippen molar-refractivity contribution in [1.82, 2.24) is 0 Å². The zero-order valence-corrected chi connectivity index (χ0v) is 14.6. The Kier molecular flexibility index (Phi) is 11.9. The molecule has 0 atom stereocenters. The van der Waals surface area contributed by atoms with Crippen molar-refractivity contribution in [1.29, 1.82) is 0 Å². The summed E-state index contributed by atoms with van der Waals surface area (Å²) in [7, 11) is -4.28. The summed E-state index contributed by atoms with van der Waals surface area (Å²) in [5, 5.41) is -0.301. The highest BCUT2D eigenvalue weighted by Crippen LogP contribution is 2.43. The van der Waals surface area contributed by atoms with E-state index < -0.39 is 7.60 Å². The Bertz CT molecular complexity index is 428. The Morgan fingerprint density at radius 2 is 1.48 bits per heavy atom. The van der Waals surface area contributed by atoms with Gasteiger partial charge in [-0.1, -0.05) is 38.8 Å². The van der Waals surface area contributed by atoms with Crippen LogP contribution >= 0.6 is 7.60 Å². The fourth-order valence-electron chi connectivity index (χ4n) is 1.51. The van der Waals surface area contributed by atoms with Crippen molar-refractivity contribution >= 4 is 13.6 Å². The summed E-state index contributed by atoms with van der Waals surface area (Å²) in [5.74, 6) is -0.344. The Labute approximate surface area is 137 Å². The van der Waals surface area contributed by atoms with Crippen molar-refractivity contribution in [3.05, 3.63) is 24.0 Å². The molecule has 134 valence electrons. The van der Waals surface area contributed by atoms with Crippen molar-refractivity contribution in [2.75, 3.05) is 19.8 Å². The maximum atomic E-state index is 11.1. The van der Waals surface area contributed by atoms with E-state index in [-0.39, 0.29) is 17.9 Å². The van der Waals surface area contributed by atoms with Gasteiger partial charge in [0, 0.05) is 5.57 Å². The first-order valence-electron chi connectivity index (χ1n) is 7.56. The second-order valence-corrected chi connectivity index (χ2v) is 6.95. The molecule has 8 heteroatoms. The fourth-order valence-corrected chi connectivity index (χ4v) is 1.73. The van der Waals surface area contributed by atoms with E-state index in [2.05, 4.69) is 18.0 Å². The lowest BCUT2D eigenvalue weighted by atomic mass is 10.1. The second kappa shape index (κ2) is 12.4. The molecular weight excluding hydrogens is 323 g/mol. The van der Waals surface area contributed by atoms with Gasteiger partial charge in [-0.2, -0.15) is 0 Å². The molecule has 0 aromatic heterocycles. The molecule has 0 fully saturated rings. The third-order valence-corrected chi connectivity index (χ3v) is 3.88. The summed E-state index contributed by atoms with van der Waals surface area (Å²) in [5.41, 5.74) is 0.414. The van der Waals surface area contributed by atoms with Gasteiger partial charge in [-0.15, -0.1) is 0 Å². The van der Waals surface area contributed by atoms with Gasteiger partial charge in [0.2, 0.25) is 0 Å². The first-order chi connectivity index (χ1) is 10.7. The summed E-state index contributed by atoms with van der Waals surface area (Å²) in [6, 6.07) is 0. The van der Waals surface area contributed by atoms with Gasteiger partial charge < -0.3 is 14.5 Å². The second-order valence-electron chi connectivity index (χ2n) is 5.23. The molecule has 0 aliphatic carbocycles. The molecule has 7 nitrogen and oxygen atoms in total. The first-order valence-corrected chi connectivity index (χ1v) is 9.17. The van der Waals surface area contributed by atoms with Gasteiger partial charge in [0.05, 0.1) is 18.5 Å². The van der Waals surface area contributed by atoms with Crippen LogP contribution in [0.3, 0.4) is 0 Å². The van der Waals surface area contributed by atoms with Crippen LogP contribution in [0, 0.1) is 0 Å². The summed E-state index contributed by atoms with van der Waals surface area (Å²) in [4.78, 5) is 38.1. The van der Waals surface area contributed by atoms with Gasteiger partial charge >= 0.3 is 13.6 Å². The van der Waals surface area contributed by atoms with Crippen molar-refractivity contribution in [2.45, 2.75) is 45.4 Å². The Morgan fingerprint density at radius 3 is 2.00 bits per heavy atom. The molecule has 0 heterocycles. The van der Waals surface area contributed by atoms with Gasteiger partial charge in [-0.3, -0.25) is 4.57 Å². The molecule has 0 saturated carbocycles. The van der Waals surface area contributed by atoms with E-state index in [4.69, 9.17) is 19.4 Å². The summed E-state index contributed by atoms with van der Waals surface area (Å²) in [6.45, 7) is 8.83. The fraction of sp³-hybridized carbons (Fsp3) is 0.667. The number of esters is 1.